The van der Waals surface area contributed by atoms with E-state index >= 15 is 0 Å². The minimum atomic E-state index is -0.423. The zero-order chi connectivity index (χ0) is 38.7. The SMILES string of the molecule is CCCCCCOc1ccc(C=CC(=O)Oc2ccc3c(c2)[C@]2(CC3)C3=C[C@H](OC(=O)C=Cc4ccc(OCCCCCC)cc4)CC=C3CC2(C)C)cc1. The minimum Gasteiger partial charge on any atom is -0.494 e. The number of ether oxygens (including phenoxy) is 4. The van der Waals surface area contributed by atoms with E-state index in [1.54, 1.807) is 12.2 Å². The molecule has 0 amide bonds. The van der Waals surface area contributed by atoms with E-state index in [1.165, 1.54) is 73.0 Å². The summed E-state index contributed by atoms with van der Waals surface area (Å²) < 4.78 is 23.6. The molecule has 1 fully saturated rings. The summed E-state index contributed by atoms with van der Waals surface area (Å²) in [4.78, 5) is 26.0. The summed E-state index contributed by atoms with van der Waals surface area (Å²) in [7, 11) is 0. The molecule has 3 aliphatic rings. The van der Waals surface area contributed by atoms with Crippen LogP contribution in [-0.4, -0.2) is 31.3 Å². The van der Waals surface area contributed by atoms with Gasteiger partial charge >= 0.3 is 11.9 Å². The summed E-state index contributed by atoms with van der Waals surface area (Å²) in [6, 6.07) is 21.6. The molecule has 55 heavy (non-hydrogen) atoms. The van der Waals surface area contributed by atoms with E-state index in [1.807, 2.05) is 54.6 Å². The third kappa shape index (κ3) is 9.89. The van der Waals surface area contributed by atoms with Crippen LogP contribution in [0.15, 0.2) is 102 Å². The molecule has 0 N–H and O–H groups in total. The monoisotopic (exact) mass is 742 g/mol. The molecule has 0 aliphatic heterocycles. The molecule has 0 radical (unpaired) electrons. The summed E-state index contributed by atoms with van der Waals surface area (Å²) in [5.74, 6) is 1.42. The van der Waals surface area contributed by atoms with Crippen LogP contribution in [0.1, 0.15) is 121 Å². The molecule has 290 valence electrons. The first-order chi connectivity index (χ1) is 26.7. The maximum absolute atomic E-state index is 13.0. The maximum Gasteiger partial charge on any atom is 0.336 e. The highest BCUT2D eigenvalue weighted by atomic mass is 16.5. The van der Waals surface area contributed by atoms with Crippen LogP contribution >= 0.6 is 0 Å². The van der Waals surface area contributed by atoms with Crippen molar-refractivity contribution in [3.05, 3.63) is 124 Å². The van der Waals surface area contributed by atoms with Gasteiger partial charge < -0.3 is 18.9 Å². The number of carbonyl (C=O) groups excluding carboxylic acids is 2. The van der Waals surface area contributed by atoms with E-state index in [4.69, 9.17) is 18.9 Å². The first-order valence-corrected chi connectivity index (χ1v) is 20.5. The van der Waals surface area contributed by atoms with E-state index in [-0.39, 0.29) is 22.9 Å². The molecule has 2 atom stereocenters. The van der Waals surface area contributed by atoms with Crippen LogP contribution in [0.25, 0.3) is 12.2 Å². The lowest BCUT2D eigenvalue weighted by Crippen LogP contribution is -2.37. The zero-order valence-electron chi connectivity index (χ0n) is 33.2. The fourth-order valence-electron chi connectivity index (χ4n) is 8.52. The molecule has 1 saturated carbocycles. The fourth-order valence-corrected chi connectivity index (χ4v) is 8.52. The van der Waals surface area contributed by atoms with Crippen molar-refractivity contribution in [3.8, 4) is 17.2 Å². The average molecular weight is 743 g/mol. The molecular weight excluding hydrogens is 685 g/mol. The Labute approximate surface area is 328 Å². The predicted molar refractivity (Wildman–Crippen MR) is 221 cm³/mol. The van der Waals surface area contributed by atoms with Crippen molar-refractivity contribution in [1.29, 1.82) is 0 Å². The van der Waals surface area contributed by atoms with Crippen molar-refractivity contribution in [2.24, 2.45) is 5.41 Å². The van der Waals surface area contributed by atoms with Crippen LogP contribution in [0, 0.1) is 5.41 Å². The lowest BCUT2D eigenvalue weighted by atomic mass is 9.62. The molecule has 3 aliphatic carbocycles. The zero-order valence-corrected chi connectivity index (χ0v) is 33.2. The Morgan fingerprint density at radius 3 is 1.91 bits per heavy atom. The van der Waals surface area contributed by atoms with Crippen molar-refractivity contribution in [3.63, 3.8) is 0 Å². The van der Waals surface area contributed by atoms with E-state index in [0.29, 0.717) is 18.8 Å². The van der Waals surface area contributed by atoms with Crippen LogP contribution in [0.5, 0.6) is 17.2 Å². The molecule has 0 unspecified atom stereocenters. The standard InChI is InChI=1S/C49H58O6/c1-5-7-9-11-31-52-40-21-13-36(14-22-40)17-27-46(50)54-42-25-19-38-29-30-49(44(38)33-42)45-34-43(26-20-39(45)35-48(49,3)4)55-47(51)28-18-37-15-23-41(24-16-37)53-32-12-10-8-6-2/h13-25,27-28,33-34,43H,5-12,26,29-32,35H2,1-4H3/t43-,49-/m1/s1. The number of rotatable bonds is 18. The fraction of sp³-hybridized carbons (Fsp3) is 0.429. The first kappa shape index (κ1) is 39.8. The molecule has 0 bridgehead atoms. The van der Waals surface area contributed by atoms with Gasteiger partial charge in [0.05, 0.1) is 13.2 Å². The summed E-state index contributed by atoms with van der Waals surface area (Å²) in [5.41, 5.74) is 6.51. The molecule has 3 aromatic carbocycles. The van der Waals surface area contributed by atoms with Crippen LogP contribution in [0.3, 0.4) is 0 Å². The number of benzene rings is 3. The molecule has 0 aromatic heterocycles. The molecule has 0 saturated heterocycles. The normalized spacial score (nSPS) is 19.6. The highest BCUT2D eigenvalue weighted by Crippen LogP contribution is 2.65. The Bertz CT molecular complexity index is 1890. The second-order valence-electron chi connectivity index (χ2n) is 15.8. The van der Waals surface area contributed by atoms with E-state index < -0.39 is 5.97 Å². The molecular formula is C49H58O6. The van der Waals surface area contributed by atoms with Crippen molar-refractivity contribution >= 4 is 24.1 Å². The molecule has 0 heterocycles. The lowest BCUT2D eigenvalue weighted by molar-refractivity contribution is -0.140. The Balaban J connectivity index is 1.08. The molecule has 6 rings (SSSR count). The Kier molecular flexibility index (Phi) is 13.5. The van der Waals surface area contributed by atoms with E-state index in [2.05, 4.69) is 52.0 Å². The highest BCUT2D eigenvalue weighted by molar-refractivity contribution is 5.89. The van der Waals surface area contributed by atoms with Gasteiger partial charge in [0, 0.05) is 24.0 Å². The summed E-state index contributed by atoms with van der Waals surface area (Å²) in [6.45, 7) is 10.5. The van der Waals surface area contributed by atoms with E-state index in [9.17, 15) is 9.59 Å². The van der Waals surface area contributed by atoms with Gasteiger partial charge in [-0.05, 0) is 126 Å². The van der Waals surface area contributed by atoms with Crippen LogP contribution in [-0.2, 0) is 26.2 Å². The van der Waals surface area contributed by atoms with Gasteiger partial charge in [0.15, 0.2) is 0 Å². The molecule has 6 nitrogen and oxygen atoms in total. The smallest absolute Gasteiger partial charge is 0.336 e. The van der Waals surface area contributed by atoms with Crippen molar-refractivity contribution in [2.45, 2.75) is 116 Å². The largest absolute Gasteiger partial charge is 0.494 e. The number of hydrogen-bond acceptors (Lipinski definition) is 6. The van der Waals surface area contributed by atoms with Gasteiger partial charge in [0.2, 0.25) is 0 Å². The third-order valence-electron chi connectivity index (χ3n) is 11.5. The van der Waals surface area contributed by atoms with Crippen molar-refractivity contribution < 1.29 is 28.5 Å². The summed E-state index contributed by atoms with van der Waals surface area (Å²) in [6.07, 6.45) is 23.5. The number of unbranched alkanes of at least 4 members (excludes halogenated alkanes) is 6. The van der Waals surface area contributed by atoms with Crippen molar-refractivity contribution in [1.82, 2.24) is 0 Å². The Hall–Kier alpha value is -4.84. The van der Waals surface area contributed by atoms with Gasteiger partial charge in [-0.3, -0.25) is 0 Å². The number of hydrogen-bond donors (Lipinski definition) is 0. The number of allylic oxidation sites excluding steroid dienone is 2. The van der Waals surface area contributed by atoms with Crippen LogP contribution in [0.4, 0.5) is 0 Å². The number of esters is 2. The molecule has 6 heteroatoms. The van der Waals surface area contributed by atoms with Crippen LogP contribution < -0.4 is 14.2 Å². The average Bonchev–Trinajstić information content (AvgIpc) is 3.68. The number of aryl methyl sites for hydroxylation is 1. The highest BCUT2D eigenvalue weighted by Gasteiger charge is 2.58. The van der Waals surface area contributed by atoms with Gasteiger partial charge in [0.25, 0.3) is 0 Å². The summed E-state index contributed by atoms with van der Waals surface area (Å²) in [5, 5.41) is 0. The Morgan fingerprint density at radius 1 is 0.727 bits per heavy atom. The van der Waals surface area contributed by atoms with E-state index in [0.717, 1.165) is 61.3 Å². The topological polar surface area (TPSA) is 71.1 Å². The molecule has 1 spiro atoms. The van der Waals surface area contributed by atoms with Gasteiger partial charge in [-0.1, -0.05) is 103 Å². The van der Waals surface area contributed by atoms with Crippen LogP contribution in [0.2, 0.25) is 0 Å². The quantitative estimate of drug-likeness (QED) is 0.0559. The lowest BCUT2D eigenvalue weighted by Gasteiger charge is -2.41. The number of carbonyl (C=O) groups is 2. The predicted octanol–water partition coefficient (Wildman–Crippen LogP) is 11.7. The van der Waals surface area contributed by atoms with Gasteiger partial charge in [0.1, 0.15) is 23.4 Å². The minimum absolute atomic E-state index is 0.0754. The molecule has 3 aromatic rings. The van der Waals surface area contributed by atoms with Crippen molar-refractivity contribution in [2.75, 3.05) is 13.2 Å². The van der Waals surface area contributed by atoms with Gasteiger partial charge in [-0.15, -0.1) is 0 Å². The summed E-state index contributed by atoms with van der Waals surface area (Å²) >= 11 is 0. The second-order valence-corrected chi connectivity index (χ2v) is 15.8. The first-order valence-electron chi connectivity index (χ1n) is 20.5. The van der Waals surface area contributed by atoms with Gasteiger partial charge in [-0.2, -0.15) is 0 Å². The maximum atomic E-state index is 13.0. The van der Waals surface area contributed by atoms with Gasteiger partial charge in [-0.25, -0.2) is 9.59 Å². The Morgan fingerprint density at radius 2 is 1.31 bits per heavy atom. The third-order valence-corrected chi connectivity index (χ3v) is 11.5. The second kappa shape index (κ2) is 18.7. The number of fused-ring (bicyclic) bond motifs is 4.